The van der Waals surface area contributed by atoms with Crippen LogP contribution in [0.1, 0.15) is 10.4 Å². The maximum absolute atomic E-state index is 11.5. The van der Waals surface area contributed by atoms with Crippen LogP contribution < -0.4 is 15.8 Å². The first-order valence-electron chi connectivity index (χ1n) is 4.67. The summed E-state index contributed by atoms with van der Waals surface area (Å²) in [5, 5.41) is 3.36. The molecule has 7 heteroatoms. The summed E-state index contributed by atoms with van der Waals surface area (Å²) in [6, 6.07) is 4.57. The second kappa shape index (κ2) is 5.90. The Labute approximate surface area is 99.9 Å². The zero-order valence-electron chi connectivity index (χ0n) is 9.14. The lowest BCUT2D eigenvalue weighted by atomic mass is 10.2. The highest BCUT2D eigenvalue weighted by Crippen LogP contribution is 2.21. The summed E-state index contributed by atoms with van der Waals surface area (Å²) in [7, 11) is -0.806. The maximum Gasteiger partial charge on any atom is 0.251 e. The highest BCUT2D eigenvalue weighted by atomic mass is 32.2. The third-order valence-electron chi connectivity index (χ3n) is 1.97. The van der Waals surface area contributed by atoms with Crippen molar-refractivity contribution in [1.82, 2.24) is 5.32 Å². The lowest BCUT2D eigenvalue weighted by Gasteiger charge is -2.06. The minimum absolute atomic E-state index is 0.0547. The molecule has 0 saturated heterocycles. The quantitative estimate of drug-likeness (QED) is 0.568. The predicted molar refractivity (Wildman–Crippen MR) is 64.7 cm³/mol. The first kappa shape index (κ1) is 13.0. The summed E-state index contributed by atoms with van der Waals surface area (Å²) in [4.78, 5) is 11.5. The number of anilines is 1. The number of nitrogen functional groups attached to an aromatic ring is 1. The van der Waals surface area contributed by atoms with E-state index >= 15 is 0 Å². The fourth-order valence-electron chi connectivity index (χ4n) is 1.18. The first-order valence-corrected chi connectivity index (χ1v) is 5.81. The molecule has 0 aliphatic carbocycles. The number of amides is 1. The van der Waals surface area contributed by atoms with Crippen LogP contribution in [0.25, 0.3) is 0 Å². The largest absolute Gasteiger partial charge is 0.495 e. The number of methoxy groups -OCH3 is 1. The van der Waals surface area contributed by atoms with Crippen molar-refractivity contribution in [3.05, 3.63) is 23.8 Å². The average Bonchev–Trinajstić information content (AvgIpc) is 2.28. The van der Waals surface area contributed by atoms with Crippen LogP contribution in [-0.4, -0.2) is 33.3 Å². The molecule has 1 aromatic carbocycles. The van der Waals surface area contributed by atoms with Crippen LogP contribution in [-0.2, 0) is 10.3 Å². The predicted octanol–water partition coefficient (Wildman–Crippen LogP) is -0.311. The van der Waals surface area contributed by atoms with Crippen molar-refractivity contribution in [3.63, 3.8) is 0 Å². The second-order valence-electron chi connectivity index (χ2n) is 3.09. The number of carbonyl (C=O) groups is 1. The van der Waals surface area contributed by atoms with E-state index < -0.39 is 16.2 Å². The SMILES string of the molecule is COc1ccc(C(=O)NCC=S(=O)=O)cc1N. The molecule has 0 spiro atoms. The smallest absolute Gasteiger partial charge is 0.251 e. The normalized spacial score (nSPS) is 9.47. The lowest BCUT2D eigenvalue weighted by molar-refractivity contribution is 0.0960. The molecule has 1 rings (SSSR count). The number of nitrogens with one attached hydrogen (secondary N) is 1. The molecular weight excluding hydrogens is 244 g/mol. The molecule has 0 aliphatic rings. The summed E-state index contributed by atoms with van der Waals surface area (Å²) in [5.74, 6) is 0.0785. The van der Waals surface area contributed by atoms with Crippen LogP contribution >= 0.6 is 0 Å². The summed E-state index contributed by atoms with van der Waals surface area (Å²) in [5.41, 5.74) is 6.32. The molecule has 0 unspecified atom stereocenters. The van der Waals surface area contributed by atoms with Gasteiger partial charge in [0.1, 0.15) is 5.75 Å². The van der Waals surface area contributed by atoms with E-state index in [9.17, 15) is 13.2 Å². The Bertz CT molecular complexity index is 543. The zero-order chi connectivity index (χ0) is 12.8. The molecule has 1 amide bonds. The van der Waals surface area contributed by atoms with Crippen LogP contribution in [0.15, 0.2) is 18.2 Å². The molecule has 0 atom stereocenters. The highest BCUT2D eigenvalue weighted by Gasteiger charge is 2.07. The summed E-state index contributed by atoms with van der Waals surface area (Å²) in [6.45, 7) is -0.0547. The molecule has 1 aromatic rings. The molecule has 6 nitrogen and oxygen atoms in total. The standard InChI is InChI=1S/C10H12N2O4S/c1-16-9-3-2-7(6-8(9)11)10(13)12-4-5-17(14)15/h2-3,5-6H,4,11H2,1H3,(H,12,13). The molecule has 0 heterocycles. The molecule has 0 aliphatic heterocycles. The second-order valence-corrected chi connectivity index (χ2v) is 3.95. The van der Waals surface area contributed by atoms with Crippen LogP contribution in [0.3, 0.4) is 0 Å². The average molecular weight is 256 g/mol. The van der Waals surface area contributed by atoms with Crippen LogP contribution in [0.5, 0.6) is 5.75 Å². The van der Waals surface area contributed by atoms with E-state index in [2.05, 4.69) is 5.32 Å². The monoisotopic (exact) mass is 256 g/mol. The van der Waals surface area contributed by atoms with Crippen molar-refractivity contribution in [3.8, 4) is 5.75 Å². The topological polar surface area (TPSA) is 98.5 Å². The van der Waals surface area contributed by atoms with E-state index in [0.29, 0.717) is 17.0 Å². The van der Waals surface area contributed by atoms with Gasteiger partial charge >= 0.3 is 0 Å². The Morgan fingerprint density at radius 3 is 2.76 bits per heavy atom. The minimum atomic E-state index is -2.28. The van der Waals surface area contributed by atoms with Crippen molar-refractivity contribution in [1.29, 1.82) is 0 Å². The van der Waals surface area contributed by atoms with Gasteiger partial charge in [-0.15, -0.1) is 0 Å². The Hall–Kier alpha value is -2.02. The Kier molecular flexibility index (Phi) is 4.53. The van der Waals surface area contributed by atoms with Gasteiger partial charge in [-0.25, -0.2) is 0 Å². The van der Waals surface area contributed by atoms with Gasteiger partial charge in [-0.1, -0.05) is 0 Å². The maximum atomic E-state index is 11.5. The van der Waals surface area contributed by atoms with E-state index in [1.54, 1.807) is 12.1 Å². The molecule has 92 valence electrons. The molecule has 0 saturated carbocycles. The molecular formula is C10H12N2O4S. The molecule has 0 bridgehead atoms. The van der Waals surface area contributed by atoms with Crippen LogP contribution in [0, 0.1) is 0 Å². The van der Waals surface area contributed by atoms with Gasteiger partial charge in [0.05, 0.1) is 24.7 Å². The van der Waals surface area contributed by atoms with E-state index in [1.807, 2.05) is 0 Å². The summed E-state index contributed by atoms with van der Waals surface area (Å²) < 4.78 is 25.4. The summed E-state index contributed by atoms with van der Waals surface area (Å²) >= 11 is 0. The minimum Gasteiger partial charge on any atom is -0.495 e. The fourth-order valence-corrected chi connectivity index (χ4v) is 1.40. The third-order valence-corrected chi connectivity index (χ3v) is 2.41. The summed E-state index contributed by atoms with van der Waals surface area (Å²) in [6.07, 6.45) is 0. The van der Waals surface area contributed by atoms with Gasteiger partial charge < -0.3 is 15.8 Å². The lowest BCUT2D eigenvalue weighted by Crippen LogP contribution is -2.25. The Balaban J connectivity index is 2.76. The Morgan fingerprint density at radius 2 is 2.24 bits per heavy atom. The number of nitrogens with two attached hydrogens (primary N) is 1. The van der Waals surface area contributed by atoms with Crippen molar-refractivity contribution >= 4 is 27.3 Å². The fraction of sp³-hybridized carbons (Fsp3) is 0.200. The molecule has 0 radical (unpaired) electrons. The van der Waals surface area contributed by atoms with Gasteiger partial charge in [0.2, 0.25) is 10.3 Å². The molecule has 0 aromatic heterocycles. The van der Waals surface area contributed by atoms with Gasteiger partial charge in [-0.05, 0) is 18.2 Å². The van der Waals surface area contributed by atoms with Gasteiger partial charge in [0, 0.05) is 5.56 Å². The van der Waals surface area contributed by atoms with Crippen molar-refractivity contribution in [2.24, 2.45) is 0 Å². The van der Waals surface area contributed by atoms with Crippen LogP contribution in [0.4, 0.5) is 5.69 Å². The van der Waals surface area contributed by atoms with Crippen LogP contribution in [0.2, 0.25) is 0 Å². The molecule has 3 N–H and O–H groups in total. The van der Waals surface area contributed by atoms with Crippen molar-refractivity contribution in [2.75, 3.05) is 19.4 Å². The zero-order valence-corrected chi connectivity index (χ0v) is 9.95. The van der Waals surface area contributed by atoms with E-state index in [4.69, 9.17) is 10.5 Å². The van der Waals surface area contributed by atoms with Crippen molar-refractivity contribution in [2.45, 2.75) is 0 Å². The van der Waals surface area contributed by atoms with E-state index in [0.717, 1.165) is 5.37 Å². The molecule has 17 heavy (non-hydrogen) atoms. The number of benzene rings is 1. The van der Waals surface area contributed by atoms with E-state index in [1.165, 1.54) is 13.2 Å². The van der Waals surface area contributed by atoms with Gasteiger partial charge in [-0.2, -0.15) is 8.42 Å². The number of rotatable bonds is 4. The van der Waals surface area contributed by atoms with Crippen molar-refractivity contribution < 1.29 is 17.9 Å². The number of hydrogen-bond acceptors (Lipinski definition) is 5. The molecule has 0 fully saturated rings. The highest BCUT2D eigenvalue weighted by molar-refractivity contribution is 7.71. The third kappa shape index (κ3) is 3.80. The number of carbonyl (C=O) groups excluding carboxylic acids is 1. The first-order chi connectivity index (χ1) is 8.04. The number of ether oxygens (including phenoxy) is 1. The number of hydrogen-bond donors (Lipinski definition) is 2. The van der Waals surface area contributed by atoms with Gasteiger partial charge in [0.25, 0.3) is 5.91 Å². The Morgan fingerprint density at radius 1 is 1.53 bits per heavy atom. The van der Waals surface area contributed by atoms with Gasteiger partial charge in [0.15, 0.2) is 0 Å². The van der Waals surface area contributed by atoms with E-state index in [-0.39, 0.29) is 6.54 Å². The van der Waals surface area contributed by atoms with Gasteiger partial charge in [-0.3, -0.25) is 4.79 Å².